The number of methoxy groups -OCH3 is 1. The van der Waals surface area contributed by atoms with E-state index in [1.54, 1.807) is 14.2 Å². The average molecular weight is 240 g/mol. The SMILES string of the molecule is COC.O=C1c2ccccc2Cc2ccccc21. The Balaban J connectivity index is 0.000000367. The Kier molecular flexibility index (Phi) is 3.90. The predicted octanol–water partition coefficient (Wildman–Crippen LogP) is 3.08. The van der Waals surface area contributed by atoms with E-state index in [0.717, 1.165) is 28.7 Å². The van der Waals surface area contributed by atoms with Crippen LogP contribution in [0, 0.1) is 0 Å². The zero-order chi connectivity index (χ0) is 13.0. The van der Waals surface area contributed by atoms with Gasteiger partial charge in [0.1, 0.15) is 0 Å². The van der Waals surface area contributed by atoms with E-state index in [4.69, 9.17) is 0 Å². The molecule has 0 spiro atoms. The third-order valence-corrected chi connectivity index (χ3v) is 2.90. The molecular weight excluding hydrogens is 224 g/mol. The Labute approximate surface area is 107 Å². The molecule has 0 saturated carbocycles. The molecule has 1 aliphatic carbocycles. The minimum Gasteiger partial charge on any atom is -0.388 e. The minimum atomic E-state index is 0.160. The second kappa shape index (κ2) is 5.61. The summed E-state index contributed by atoms with van der Waals surface area (Å²) in [4.78, 5) is 12.1. The molecule has 18 heavy (non-hydrogen) atoms. The van der Waals surface area contributed by atoms with Crippen LogP contribution in [0.1, 0.15) is 27.0 Å². The molecule has 92 valence electrons. The molecule has 0 aliphatic heterocycles. The van der Waals surface area contributed by atoms with Crippen LogP contribution in [0.25, 0.3) is 0 Å². The highest BCUT2D eigenvalue weighted by atomic mass is 16.4. The van der Waals surface area contributed by atoms with Gasteiger partial charge in [0.2, 0.25) is 0 Å². The zero-order valence-corrected chi connectivity index (χ0v) is 10.6. The number of benzene rings is 2. The standard InChI is InChI=1S/C14H10O.C2H6O/c15-14-12-7-3-1-5-10(12)9-11-6-2-4-8-13(11)14;1-3-2/h1-8H,9H2;1-2H3. The van der Waals surface area contributed by atoms with Gasteiger partial charge in [0.25, 0.3) is 0 Å². The van der Waals surface area contributed by atoms with Gasteiger partial charge in [-0.05, 0) is 17.5 Å². The van der Waals surface area contributed by atoms with Gasteiger partial charge in [-0.15, -0.1) is 0 Å². The van der Waals surface area contributed by atoms with E-state index in [-0.39, 0.29) is 5.78 Å². The lowest BCUT2D eigenvalue weighted by molar-refractivity contribution is 0.103. The number of carbonyl (C=O) groups excluding carboxylic acids is 1. The van der Waals surface area contributed by atoms with Crippen LogP contribution < -0.4 is 0 Å². The topological polar surface area (TPSA) is 26.3 Å². The van der Waals surface area contributed by atoms with Gasteiger partial charge < -0.3 is 4.74 Å². The van der Waals surface area contributed by atoms with Crippen molar-refractivity contribution in [1.29, 1.82) is 0 Å². The van der Waals surface area contributed by atoms with Crippen LogP contribution in [0.2, 0.25) is 0 Å². The second-order valence-electron chi connectivity index (χ2n) is 4.23. The summed E-state index contributed by atoms with van der Waals surface area (Å²) < 4.78 is 4.25. The van der Waals surface area contributed by atoms with Crippen LogP contribution in [0.3, 0.4) is 0 Å². The van der Waals surface area contributed by atoms with Crippen molar-refractivity contribution in [2.45, 2.75) is 6.42 Å². The molecule has 0 atom stereocenters. The molecule has 3 rings (SSSR count). The Hall–Kier alpha value is -1.93. The third kappa shape index (κ3) is 2.34. The van der Waals surface area contributed by atoms with E-state index in [0.29, 0.717) is 0 Å². The van der Waals surface area contributed by atoms with Gasteiger partial charge in [-0.1, -0.05) is 48.5 Å². The molecule has 1 aliphatic rings. The van der Waals surface area contributed by atoms with Gasteiger partial charge in [0, 0.05) is 25.3 Å². The monoisotopic (exact) mass is 240 g/mol. The smallest absolute Gasteiger partial charge is 0.193 e. The lowest BCUT2D eigenvalue weighted by Gasteiger charge is -2.17. The van der Waals surface area contributed by atoms with Crippen molar-refractivity contribution in [2.75, 3.05) is 14.2 Å². The molecular formula is C16H16O2. The molecule has 0 fully saturated rings. The molecule has 0 heterocycles. The van der Waals surface area contributed by atoms with Gasteiger partial charge in [0.15, 0.2) is 5.78 Å². The van der Waals surface area contributed by atoms with Crippen molar-refractivity contribution < 1.29 is 9.53 Å². The largest absolute Gasteiger partial charge is 0.388 e. The van der Waals surface area contributed by atoms with Crippen molar-refractivity contribution in [3.05, 3.63) is 70.8 Å². The Morgan fingerprint density at radius 3 is 1.67 bits per heavy atom. The van der Waals surface area contributed by atoms with Crippen LogP contribution in [0.15, 0.2) is 48.5 Å². The van der Waals surface area contributed by atoms with Gasteiger partial charge in [0.05, 0.1) is 0 Å². The van der Waals surface area contributed by atoms with E-state index in [1.807, 2.05) is 48.5 Å². The molecule has 0 aromatic heterocycles. The highest BCUT2D eigenvalue weighted by molar-refractivity contribution is 6.12. The summed E-state index contributed by atoms with van der Waals surface area (Å²) in [5.41, 5.74) is 4.00. The first-order valence-electron chi connectivity index (χ1n) is 5.88. The van der Waals surface area contributed by atoms with Crippen LogP contribution >= 0.6 is 0 Å². The summed E-state index contributed by atoms with van der Waals surface area (Å²) in [7, 11) is 3.25. The number of fused-ring (bicyclic) bond motifs is 2. The predicted molar refractivity (Wildman–Crippen MR) is 72.1 cm³/mol. The fraction of sp³-hybridized carbons (Fsp3) is 0.188. The maximum atomic E-state index is 12.1. The van der Waals surface area contributed by atoms with Gasteiger partial charge in [-0.3, -0.25) is 4.79 Å². The zero-order valence-electron chi connectivity index (χ0n) is 10.6. The van der Waals surface area contributed by atoms with Crippen molar-refractivity contribution in [3.63, 3.8) is 0 Å². The summed E-state index contributed by atoms with van der Waals surface area (Å²) in [6.45, 7) is 0. The molecule has 2 aromatic carbocycles. The van der Waals surface area contributed by atoms with Crippen LogP contribution in [-0.4, -0.2) is 20.0 Å². The Morgan fingerprint density at radius 1 is 0.833 bits per heavy atom. The van der Waals surface area contributed by atoms with E-state index in [9.17, 15) is 4.79 Å². The van der Waals surface area contributed by atoms with Crippen LogP contribution in [0.4, 0.5) is 0 Å². The first-order valence-corrected chi connectivity index (χ1v) is 5.88. The number of carbonyl (C=O) groups is 1. The quantitative estimate of drug-likeness (QED) is 0.603. The van der Waals surface area contributed by atoms with Crippen molar-refractivity contribution in [2.24, 2.45) is 0 Å². The van der Waals surface area contributed by atoms with Crippen LogP contribution in [0.5, 0.6) is 0 Å². The normalized spacial score (nSPS) is 12.0. The summed E-state index contributed by atoms with van der Waals surface area (Å²) in [6.07, 6.45) is 0.873. The Bertz CT molecular complexity index is 511. The summed E-state index contributed by atoms with van der Waals surface area (Å²) in [5, 5.41) is 0. The molecule has 0 bridgehead atoms. The number of hydrogen-bond acceptors (Lipinski definition) is 2. The lowest BCUT2D eigenvalue weighted by atomic mass is 9.85. The lowest BCUT2D eigenvalue weighted by Crippen LogP contribution is -2.14. The van der Waals surface area contributed by atoms with E-state index in [2.05, 4.69) is 4.74 Å². The molecule has 0 amide bonds. The highest BCUT2D eigenvalue weighted by Crippen LogP contribution is 2.26. The summed E-state index contributed by atoms with van der Waals surface area (Å²) in [5.74, 6) is 0.160. The Morgan fingerprint density at radius 2 is 1.22 bits per heavy atom. The highest BCUT2D eigenvalue weighted by Gasteiger charge is 2.21. The van der Waals surface area contributed by atoms with Gasteiger partial charge in [-0.2, -0.15) is 0 Å². The molecule has 0 N–H and O–H groups in total. The number of hydrogen-bond donors (Lipinski definition) is 0. The third-order valence-electron chi connectivity index (χ3n) is 2.90. The first kappa shape index (κ1) is 12.5. The first-order chi connectivity index (χ1) is 8.77. The average Bonchev–Trinajstić information content (AvgIpc) is 2.40. The number of rotatable bonds is 0. The second-order valence-corrected chi connectivity index (χ2v) is 4.23. The minimum absolute atomic E-state index is 0.160. The number of ether oxygens (including phenoxy) is 1. The molecule has 0 unspecified atom stereocenters. The van der Waals surface area contributed by atoms with Crippen molar-refractivity contribution >= 4 is 5.78 Å². The van der Waals surface area contributed by atoms with Gasteiger partial charge in [-0.25, -0.2) is 0 Å². The number of ketones is 1. The molecule has 0 saturated heterocycles. The maximum absolute atomic E-state index is 12.1. The van der Waals surface area contributed by atoms with Gasteiger partial charge >= 0.3 is 0 Å². The fourth-order valence-electron chi connectivity index (χ4n) is 2.14. The molecule has 2 heteroatoms. The molecule has 0 radical (unpaired) electrons. The van der Waals surface area contributed by atoms with E-state index in [1.165, 1.54) is 0 Å². The van der Waals surface area contributed by atoms with Crippen molar-refractivity contribution in [3.8, 4) is 0 Å². The summed E-state index contributed by atoms with van der Waals surface area (Å²) >= 11 is 0. The van der Waals surface area contributed by atoms with Crippen LogP contribution in [-0.2, 0) is 11.2 Å². The van der Waals surface area contributed by atoms with E-state index >= 15 is 0 Å². The molecule has 2 nitrogen and oxygen atoms in total. The molecule has 2 aromatic rings. The fourth-order valence-corrected chi connectivity index (χ4v) is 2.14. The maximum Gasteiger partial charge on any atom is 0.193 e. The van der Waals surface area contributed by atoms with E-state index < -0.39 is 0 Å². The summed E-state index contributed by atoms with van der Waals surface area (Å²) in [6, 6.07) is 15.7. The van der Waals surface area contributed by atoms with Crippen molar-refractivity contribution in [1.82, 2.24) is 0 Å².